The lowest BCUT2D eigenvalue weighted by Crippen LogP contribution is -2.65. The van der Waals surface area contributed by atoms with Crippen LogP contribution in [-0.4, -0.2) is 44.3 Å². The molecule has 1 rings (SSSR count). The van der Waals surface area contributed by atoms with Gasteiger partial charge in [0.2, 0.25) is 11.8 Å². The van der Waals surface area contributed by atoms with Gasteiger partial charge in [-0.2, -0.15) is 44.3 Å². The minimum absolute atomic E-state index is 0.656. The lowest BCUT2D eigenvalue weighted by molar-refractivity contribution is 3.36. The zero-order valence-electron chi connectivity index (χ0n) is 4.59. The maximum absolute atomic E-state index is 6.06. The van der Waals surface area contributed by atoms with Crippen molar-refractivity contribution in [2.75, 3.05) is 0 Å². The molecule has 1 heterocycles. The van der Waals surface area contributed by atoms with E-state index in [1.54, 1.807) is 0 Å². The second kappa shape index (κ2) is 3.59. The molecule has 1 fully saturated rings. The summed E-state index contributed by atoms with van der Waals surface area (Å²) >= 11 is 24.2. The third kappa shape index (κ3) is 2.17. The molecule has 0 aromatic heterocycles. The zero-order valence-corrected chi connectivity index (χ0v) is 12.6. The van der Waals surface area contributed by atoms with Crippen LogP contribution in [0.3, 0.4) is 0 Å². The number of hydrogen-bond donors (Lipinski definition) is 0. The molecule has 0 unspecified atom stereocenters. The van der Waals surface area contributed by atoms with Gasteiger partial charge in [0.1, 0.15) is 6.46 Å². The van der Waals surface area contributed by atoms with Crippen LogP contribution in [0.4, 0.5) is 0 Å². The van der Waals surface area contributed by atoms with Crippen molar-refractivity contribution in [1.29, 1.82) is 0 Å². The predicted molar refractivity (Wildman–Crippen MR) is 57.9 cm³/mol. The zero-order chi connectivity index (χ0) is 7.83. The fourth-order valence-corrected chi connectivity index (χ4v) is 54.0. The summed E-state index contributed by atoms with van der Waals surface area (Å²) in [6.07, 6.45) is -2.30. The highest BCUT2D eigenvalue weighted by atomic mass is 35.8. The fraction of sp³-hybridized carbons (Fsp3) is 0. The Hall–Kier alpha value is 2.31. The van der Waals surface area contributed by atoms with E-state index in [9.17, 15) is 0 Å². The Morgan fingerprint density at radius 2 is 1.70 bits per heavy atom. The van der Waals surface area contributed by atoms with E-state index in [2.05, 4.69) is 0 Å². The summed E-state index contributed by atoms with van der Waals surface area (Å²) in [6.45, 7) is 2.00. The van der Waals surface area contributed by atoms with Crippen LogP contribution in [0.1, 0.15) is 0 Å². The van der Waals surface area contributed by atoms with Gasteiger partial charge in [0.15, 0.2) is 0 Å². The molecule has 0 amide bonds. The Morgan fingerprint density at radius 3 is 2.00 bits per heavy atom. The lowest BCUT2D eigenvalue weighted by Gasteiger charge is -2.31. The van der Waals surface area contributed by atoms with Crippen LogP contribution >= 0.6 is 44.3 Å². The van der Waals surface area contributed by atoms with E-state index in [0.29, 0.717) is 8.55 Å². The quantitative estimate of drug-likeness (QED) is 0.450. The second-order valence-corrected chi connectivity index (χ2v) is 35.2. The number of halogens is 4. The van der Waals surface area contributed by atoms with Gasteiger partial charge in [0.25, 0.3) is 0 Å². The van der Waals surface area contributed by atoms with E-state index in [0.717, 1.165) is 17.5 Å². The molecule has 0 aliphatic carbocycles. The normalized spacial score (nSPS) is 29.2. The first-order valence-electron chi connectivity index (χ1n) is 2.33. The maximum Gasteiger partial charge on any atom is 0.244 e. The van der Waals surface area contributed by atoms with E-state index in [1.807, 2.05) is 6.46 Å². The van der Waals surface area contributed by atoms with Crippen molar-refractivity contribution in [2.24, 2.45) is 0 Å². The summed E-state index contributed by atoms with van der Waals surface area (Å²) in [5.41, 5.74) is -2.21. The van der Waals surface area contributed by atoms with E-state index >= 15 is 0 Å². The molecule has 0 aromatic rings. The first-order chi connectivity index (χ1) is 4.46. The van der Waals surface area contributed by atoms with E-state index in [1.165, 1.54) is 0 Å². The highest BCUT2D eigenvalue weighted by molar-refractivity contribution is 8.19. The number of rotatable bonds is 0. The van der Waals surface area contributed by atoms with Crippen LogP contribution < -0.4 is 0 Å². The molecule has 7 radical (unpaired) electrons. The molecular formula is BCl4Si5. The molecule has 0 aromatic carbocycles. The van der Waals surface area contributed by atoms with Crippen molar-refractivity contribution in [1.82, 2.24) is 0 Å². The van der Waals surface area contributed by atoms with Crippen LogP contribution in [0.15, 0.2) is 0 Å². The fourth-order valence-electron chi connectivity index (χ4n) is 0.415. The molecule has 1 saturated heterocycles. The predicted octanol–water partition coefficient (Wildman–Crippen LogP) is 0.473. The van der Waals surface area contributed by atoms with Crippen molar-refractivity contribution in [3.8, 4) is 0 Å². The Balaban J connectivity index is 2.70. The van der Waals surface area contributed by atoms with Crippen LogP contribution in [0.25, 0.3) is 0 Å². The molecule has 1 aliphatic rings. The summed E-state index contributed by atoms with van der Waals surface area (Å²) in [4.78, 5) is 0. The highest BCUT2D eigenvalue weighted by Gasteiger charge is 2.54. The standard InChI is InChI=1S/BCl4Si5/c2-9(3)1-6-7-8-10(9,4)5. The molecule has 0 nitrogen and oxygen atoms in total. The first kappa shape index (κ1) is 10.4. The smallest absolute Gasteiger partial charge is 0.157 e. The van der Waals surface area contributed by atoms with Gasteiger partial charge in [-0.1, -0.05) is 0 Å². The summed E-state index contributed by atoms with van der Waals surface area (Å²) in [5.74, 6) is 0. The number of hydrogen-bond acceptors (Lipinski definition) is 0. The molecule has 10 heteroatoms. The van der Waals surface area contributed by atoms with E-state index in [4.69, 9.17) is 44.3 Å². The van der Waals surface area contributed by atoms with Gasteiger partial charge in [-0.05, 0) is 17.5 Å². The third-order valence-corrected chi connectivity index (χ3v) is 50.7. The Kier molecular flexibility index (Phi) is 3.73. The van der Waals surface area contributed by atoms with Crippen molar-refractivity contribution < 1.29 is 0 Å². The lowest BCUT2D eigenvalue weighted by atomic mass is 10.7. The SMILES string of the molecule is Cl[Si]1(Cl)[B][Si][Si][Si][Si]1(Cl)Cl. The van der Waals surface area contributed by atoms with Crippen LogP contribution in [0.2, 0.25) is 0 Å². The van der Waals surface area contributed by atoms with Crippen LogP contribution in [0, 0.1) is 0 Å². The molecule has 0 atom stereocenters. The van der Waals surface area contributed by atoms with Crippen molar-refractivity contribution in [3.63, 3.8) is 0 Å². The summed E-state index contributed by atoms with van der Waals surface area (Å²) < 4.78 is 0. The monoisotopic (exact) mass is 291 g/mol. The van der Waals surface area contributed by atoms with E-state index < -0.39 is 11.8 Å². The van der Waals surface area contributed by atoms with Gasteiger partial charge < -0.3 is 0 Å². The van der Waals surface area contributed by atoms with Gasteiger partial charge >= 0.3 is 0 Å². The van der Waals surface area contributed by atoms with Gasteiger partial charge in [-0.15, -0.1) is 0 Å². The van der Waals surface area contributed by atoms with Gasteiger partial charge in [0.05, 0.1) is 0 Å². The van der Waals surface area contributed by atoms with Gasteiger partial charge in [0, 0.05) is 8.55 Å². The Morgan fingerprint density at radius 1 is 1.10 bits per heavy atom. The van der Waals surface area contributed by atoms with Crippen LogP contribution in [-0.2, 0) is 0 Å². The molecule has 0 saturated carbocycles. The molecule has 0 bridgehead atoms. The minimum Gasteiger partial charge on any atom is -0.157 e. The average molecular weight is 293 g/mol. The second-order valence-electron chi connectivity index (χ2n) is 1.74. The largest absolute Gasteiger partial charge is 0.244 e. The maximum atomic E-state index is 6.06. The Labute approximate surface area is 87.9 Å². The van der Waals surface area contributed by atoms with Crippen molar-refractivity contribution in [3.05, 3.63) is 0 Å². The minimum atomic E-state index is -2.30. The summed E-state index contributed by atoms with van der Waals surface area (Å²) in [6, 6.07) is 0. The molecule has 10 heavy (non-hydrogen) atoms. The summed E-state index contributed by atoms with van der Waals surface area (Å²) in [7, 11) is 2.34. The van der Waals surface area contributed by atoms with Gasteiger partial charge in [-0.3, -0.25) is 0 Å². The molecule has 0 N–H and O–H groups in total. The van der Waals surface area contributed by atoms with Crippen molar-refractivity contribution >= 4 is 88.6 Å². The molecular weight excluding hydrogens is 293 g/mol. The molecule has 0 spiro atoms. The topological polar surface area (TPSA) is 0 Å². The molecule has 51 valence electrons. The van der Waals surface area contributed by atoms with Gasteiger partial charge in [-0.25, -0.2) is 0 Å². The highest BCUT2D eigenvalue weighted by Crippen LogP contribution is 2.32. The van der Waals surface area contributed by atoms with Crippen LogP contribution in [0.5, 0.6) is 0 Å². The average Bonchev–Trinajstić information content (AvgIpc) is 1.77. The van der Waals surface area contributed by atoms with E-state index in [-0.39, 0.29) is 0 Å². The van der Waals surface area contributed by atoms with Crippen molar-refractivity contribution in [2.45, 2.75) is 0 Å². The third-order valence-electron chi connectivity index (χ3n) is 0.964. The summed E-state index contributed by atoms with van der Waals surface area (Å²) in [5, 5.41) is 0. The Bertz CT molecular complexity index is 118. The molecule has 1 aliphatic heterocycles. The first-order valence-corrected chi connectivity index (χ1v) is 17.5.